The topological polar surface area (TPSA) is 33.4 Å². The van der Waals surface area contributed by atoms with Gasteiger partial charge in [-0.2, -0.15) is 0 Å². The second-order valence-corrected chi connectivity index (χ2v) is 5.74. The van der Waals surface area contributed by atoms with E-state index in [9.17, 15) is 0 Å². The molecule has 0 aliphatic carbocycles. The largest absolute Gasteiger partial charge is 0.361 e. The number of para-hydroxylation sites is 1. The molecule has 2 aromatic heterocycles. The van der Waals surface area contributed by atoms with Gasteiger partial charge in [0.1, 0.15) is 0 Å². The molecule has 0 spiro atoms. The molecule has 24 heavy (non-hydrogen) atoms. The molecule has 0 saturated carbocycles. The molecule has 0 fully saturated rings. The van der Waals surface area contributed by atoms with E-state index in [4.69, 9.17) is 0 Å². The first-order valence-corrected chi connectivity index (χ1v) is 8.01. The molecule has 4 aromatic rings. The highest BCUT2D eigenvalue weighted by Gasteiger charge is 2.11. The summed E-state index contributed by atoms with van der Waals surface area (Å²) in [6.45, 7) is 1.58. The Morgan fingerprint density at radius 1 is 0.833 bits per heavy atom. The van der Waals surface area contributed by atoms with Crippen molar-refractivity contribution >= 4 is 11.5 Å². The lowest BCUT2D eigenvalue weighted by molar-refractivity contribution is 0.786. The first kappa shape index (κ1) is 14.5. The van der Waals surface area contributed by atoms with Crippen LogP contribution in [0.5, 0.6) is 0 Å². The minimum Gasteiger partial charge on any atom is -0.361 e. The lowest BCUT2D eigenvalue weighted by atomic mass is 10.2. The van der Waals surface area contributed by atoms with Crippen LogP contribution < -0.4 is 4.90 Å². The minimum absolute atomic E-state index is 0.736. The van der Waals surface area contributed by atoms with Gasteiger partial charge < -0.3 is 4.90 Å². The van der Waals surface area contributed by atoms with Crippen molar-refractivity contribution in [2.45, 2.75) is 13.1 Å². The Hall–Kier alpha value is -3.14. The van der Waals surface area contributed by atoms with E-state index in [2.05, 4.69) is 63.4 Å². The minimum atomic E-state index is 0.736. The number of anilines is 1. The molecule has 0 radical (unpaired) electrons. The number of imidazole rings is 1. The van der Waals surface area contributed by atoms with Crippen LogP contribution in [0.15, 0.2) is 85.3 Å². The molecular weight excluding hydrogens is 296 g/mol. The highest BCUT2D eigenvalue weighted by atomic mass is 15.2. The van der Waals surface area contributed by atoms with Crippen molar-refractivity contribution in [3.63, 3.8) is 0 Å². The average molecular weight is 314 g/mol. The van der Waals surface area contributed by atoms with Crippen LogP contribution in [-0.4, -0.2) is 14.4 Å². The monoisotopic (exact) mass is 314 g/mol. The molecule has 0 unspecified atom stereocenters. The zero-order valence-electron chi connectivity index (χ0n) is 13.3. The van der Waals surface area contributed by atoms with Gasteiger partial charge in [0.15, 0.2) is 0 Å². The molecule has 0 saturated heterocycles. The third-order valence-electron chi connectivity index (χ3n) is 3.98. The maximum Gasteiger partial charge on any atom is 0.233 e. The number of hydrogen-bond donors (Lipinski definition) is 0. The second kappa shape index (κ2) is 6.54. The van der Waals surface area contributed by atoms with Crippen molar-refractivity contribution in [1.29, 1.82) is 0 Å². The number of aromatic nitrogens is 3. The van der Waals surface area contributed by atoms with E-state index in [1.165, 1.54) is 11.3 Å². The third-order valence-corrected chi connectivity index (χ3v) is 3.98. The molecule has 0 atom stereocenters. The Labute approximate surface area is 141 Å². The lowest BCUT2D eigenvalue weighted by Gasteiger charge is -2.24. The quantitative estimate of drug-likeness (QED) is 0.559. The number of hydrogen-bond acceptors (Lipinski definition) is 3. The van der Waals surface area contributed by atoms with Crippen LogP contribution in [0.2, 0.25) is 0 Å². The maximum absolute atomic E-state index is 4.63. The fourth-order valence-electron chi connectivity index (χ4n) is 2.83. The van der Waals surface area contributed by atoms with E-state index in [1.54, 1.807) is 6.20 Å². The fourth-order valence-corrected chi connectivity index (χ4v) is 2.83. The average Bonchev–Trinajstić information content (AvgIpc) is 3.05. The fraction of sp³-hybridized carbons (Fsp3) is 0.100. The molecule has 4 rings (SSSR count). The molecule has 0 amide bonds. The van der Waals surface area contributed by atoms with Crippen molar-refractivity contribution in [3.05, 3.63) is 96.6 Å². The molecule has 4 nitrogen and oxygen atoms in total. The Bertz CT molecular complexity index is 883. The second-order valence-electron chi connectivity index (χ2n) is 5.74. The van der Waals surface area contributed by atoms with Crippen molar-refractivity contribution in [2.24, 2.45) is 0 Å². The molecule has 2 heterocycles. The van der Waals surface area contributed by atoms with Gasteiger partial charge in [0.25, 0.3) is 0 Å². The highest BCUT2D eigenvalue weighted by Crippen LogP contribution is 2.19. The van der Waals surface area contributed by atoms with Crippen LogP contribution in [0, 0.1) is 0 Å². The predicted molar refractivity (Wildman–Crippen MR) is 95.8 cm³/mol. The van der Waals surface area contributed by atoms with Gasteiger partial charge in [-0.05, 0) is 23.8 Å². The van der Waals surface area contributed by atoms with E-state index in [0.29, 0.717) is 0 Å². The number of nitrogens with zero attached hydrogens (tertiary/aromatic N) is 4. The Morgan fingerprint density at radius 2 is 1.58 bits per heavy atom. The molecule has 118 valence electrons. The third kappa shape index (κ3) is 3.13. The molecule has 0 aliphatic heterocycles. The normalized spacial score (nSPS) is 10.8. The zero-order chi connectivity index (χ0) is 16.2. The van der Waals surface area contributed by atoms with Crippen LogP contribution in [-0.2, 0) is 13.1 Å². The van der Waals surface area contributed by atoms with Gasteiger partial charge in [-0.15, -0.1) is 0 Å². The van der Waals surface area contributed by atoms with Crippen molar-refractivity contribution in [3.8, 4) is 0 Å². The van der Waals surface area contributed by atoms with Crippen molar-refractivity contribution < 1.29 is 0 Å². The first-order valence-electron chi connectivity index (χ1n) is 8.01. The molecular formula is C20H18N4. The van der Waals surface area contributed by atoms with Crippen molar-refractivity contribution in [2.75, 3.05) is 4.90 Å². The summed E-state index contributed by atoms with van der Waals surface area (Å²) in [6.07, 6.45) is 5.79. The number of rotatable bonds is 5. The van der Waals surface area contributed by atoms with Crippen LogP contribution in [0.25, 0.3) is 5.78 Å². The van der Waals surface area contributed by atoms with Gasteiger partial charge in [0.2, 0.25) is 5.78 Å². The summed E-state index contributed by atoms with van der Waals surface area (Å²) in [5, 5.41) is 0. The lowest BCUT2D eigenvalue weighted by Crippen LogP contribution is -2.22. The van der Waals surface area contributed by atoms with E-state index in [1.807, 2.05) is 35.0 Å². The summed E-state index contributed by atoms with van der Waals surface area (Å²) < 4.78 is 1.96. The van der Waals surface area contributed by atoms with Gasteiger partial charge in [-0.1, -0.05) is 48.5 Å². The van der Waals surface area contributed by atoms with Gasteiger partial charge in [0, 0.05) is 30.8 Å². The number of benzene rings is 2. The van der Waals surface area contributed by atoms with Gasteiger partial charge >= 0.3 is 0 Å². The molecule has 0 N–H and O–H groups in total. The summed E-state index contributed by atoms with van der Waals surface area (Å²) in [5.74, 6) is 0.736. The Kier molecular flexibility index (Phi) is 3.94. The van der Waals surface area contributed by atoms with E-state index < -0.39 is 0 Å². The van der Waals surface area contributed by atoms with Gasteiger partial charge in [-0.3, -0.25) is 4.40 Å². The Balaban J connectivity index is 1.64. The predicted octanol–water partition coefficient (Wildman–Crippen LogP) is 3.94. The van der Waals surface area contributed by atoms with E-state index in [0.717, 1.165) is 24.6 Å². The summed E-state index contributed by atoms with van der Waals surface area (Å²) in [5.41, 5.74) is 3.48. The smallest absolute Gasteiger partial charge is 0.233 e. The van der Waals surface area contributed by atoms with Gasteiger partial charge in [0.05, 0.1) is 12.2 Å². The van der Waals surface area contributed by atoms with E-state index >= 15 is 0 Å². The Morgan fingerprint density at radius 3 is 2.33 bits per heavy atom. The molecule has 0 bridgehead atoms. The van der Waals surface area contributed by atoms with Crippen LogP contribution in [0.4, 0.5) is 5.69 Å². The molecule has 0 aliphatic rings. The van der Waals surface area contributed by atoms with E-state index in [-0.39, 0.29) is 0 Å². The first-order chi connectivity index (χ1) is 11.9. The summed E-state index contributed by atoms with van der Waals surface area (Å²) in [7, 11) is 0. The maximum atomic E-state index is 4.63. The van der Waals surface area contributed by atoms with Crippen LogP contribution in [0.1, 0.15) is 11.3 Å². The standard InChI is InChI=1S/C20H18N4/c1-3-8-17(9-4-1)14-24(19-10-5-2-6-11-19)16-18-15-23-13-7-12-21-20(23)22-18/h1-13,15H,14,16H2. The van der Waals surface area contributed by atoms with Crippen LogP contribution in [0.3, 0.4) is 0 Å². The zero-order valence-corrected chi connectivity index (χ0v) is 13.3. The summed E-state index contributed by atoms with van der Waals surface area (Å²) in [4.78, 5) is 11.3. The molecule has 2 aromatic carbocycles. The SMILES string of the molecule is c1ccc(CN(Cc2cn3cccnc3n2)c2ccccc2)cc1. The molecule has 4 heteroatoms. The summed E-state index contributed by atoms with van der Waals surface area (Å²) >= 11 is 0. The van der Waals surface area contributed by atoms with Crippen molar-refractivity contribution in [1.82, 2.24) is 14.4 Å². The van der Waals surface area contributed by atoms with Gasteiger partial charge in [-0.25, -0.2) is 9.97 Å². The van der Waals surface area contributed by atoms with Crippen LogP contribution >= 0.6 is 0 Å². The number of fused-ring (bicyclic) bond motifs is 1. The highest BCUT2D eigenvalue weighted by molar-refractivity contribution is 5.47. The summed E-state index contributed by atoms with van der Waals surface area (Å²) in [6, 6.07) is 22.9.